The van der Waals surface area contributed by atoms with E-state index >= 15 is 0 Å². The monoisotopic (exact) mass is 321 g/mol. The Kier molecular flexibility index (Phi) is 5.33. The summed E-state index contributed by atoms with van der Waals surface area (Å²) in [6.07, 6.45) is -0.357. The lowest BCUT2D eigenvalue weighted by molar-refractivity contribution is -0.123. The van der Waals surface area contributed by atoms with Crippen LogP contribution in [0.1, 0.15) is 6.42 Å². The van der Waals surface area contributed by atoms with Crippen LogP contribution in [-0.2, 0) is 19.4 Å². The number of carbonyl (C=O) groups is 2. The predicted octanol–water partition coefficient (Wildman–Crippen LogP) is -0.176. The van der Waals surface area contributed by atoms with Gasteiger partial charge in [-0.25, -0.2) is 8.42 Å². The lowest BCUT2D eigenvalue weighted by Gasteiger charge is -2.11. The molecule has 0 heterocycles. The molecule has 2 amide bonds. The quantitative estimate of drug-likeness (QED) is 0.669. The fraction of sp³-hybridized carbons (Fsp3) is 0.273. The molecule has 1 aromatic carbocycles. The molecule has 1 unspecified atom stereocenters. The van der Waals surface area contributed by atoms with E-state index in [1.807, 2.05) is 0 Å². The maximum Gasteiger partial charge on any atom is 0.341 e. The Bertz CT molecular complexity index is 631. The van der Waals surface area contributed by atoms with Crippen LogP contribution in [0.15, 0.2) is 29.2 Å². The first-order valence-corrected chi connectivity index (χ1v) is 7.16. The predicted molar refractivity (Wildman–Crippen MR) is 70.0 cm³/mol. The van der Waals surface area contributed by atoms with Crippen molar-refractivity contribution in [2.24, 2.45) is 11.5 Å². The summed E-state index contributed by atoms with van der Waals surface area (Å²) in [6, 6.07) is 2.95. The molecule has 0 aliphatic carbocycles. The molecule has 0 spiro atoms. The second-order valence-electron chi connectivity index (χ2n) is 4.10. The lowest BCUT2D eigenvalue weighted by Crippen LogP contribution is -2.38. The van der Waals surface area contributed by atoms with Crippen LogP contribution in [0.3, 0.4) is 0 Å². The van der Waals surface area contributed by atoms with E-state index in [2.05, 4.69) is 5.32 Å². The maximum atomic E-state index is 12.3. The fourth-order valence-electron chi connectivity index (χ4n) is 1.38. The number of anilines is 1. The van der Waals surface area contributed by atoms with Crippen LogP contribution in [0.2, 0.25) is 0 Å². The zero-order chi connectivity index (χ0) is 16.2. The highest BCUT2D eigenvalue weighted by Gasteiger charge is 2.26. The van der Waals surface area contributed by atoms with Gasteiger partial charge in [-0.1, -0.05) is 0 Å². The first kappa shape index (κ1) is 17.0. The van der Waals surface area contributed by atoms with Gasteiger partial charge in [-0.3, -0.25) is 9.59 Å². The first-order valence-electron chi connectivity index (χ1n) is 5.61. The minimum atomic E-state index is -4.69. The molecule has 0 radical (unpaired) electrons. The number of hydrogen-bond acceptors (Lipinski definition) is 5. The van der Waals surface area contributed by atoms with Crippen LogP contribution < -0.4 is 16.8 Å². The molecule has 0 fully saturated rings. The third-order valence-corrected chi connectivity index (χ3v) is 3.84. The third-order valence-electron chi connectivity index (χ3n) is 2.44. The molecule has 0 saturated heterocycles. The molecule has 1 aromatic rings. The SMILES string of the molecule is NC(=O)CC(N)C(=O)Nc1ccc(S(=O)(=O)C(F)F)cc1. The molecule has 0 aliphatic heterocycles. The summed E-state index contributed by atoms with van der Waals surface area (Å²) in [5, 5.41) is 2.30. The van der Waals surface area contributed by atoms with Crippen molar-refractivity contribution >= 4 is 27.3 Å². The number of hydrogen-bond donors (Lipinski definition) is 3. The fourth-order valence-corrected chi connectivity index (χ4v) is 2.10. The van der Waals surface area contributed by atoms with Crippen LogP contribution in [0.5, 0.6) is 0 Å². The number of primary amides is 1. The van der Waals surface area contributed by atoms with Crippen molar-refractivity contribution in [3.05, 3.63) is 24.3 Å². The van der Waals surface area contributed by atoms with Crippen LogP contribution in [0, 0.1) is 0 Å². The molecule has 0 bridgehead atoms. The lowest BCUT2D eigenvalue weighted by atomic mass is 10.2. The second-order valence-corrected chi connectivity index (χ2v) is 6.01. The molecule has 21 heavy (non-hydrogen) atoms. The van der Waals surface area contributed by atoms with Gasteiger partial charge in [0.2, 0.25) is 21.7 Å². The molecular formula is C11H13F2N3O4S. The van der Waals surface area contributed by atoms with Crippen LogP contribution in [0.4, 0.5) is 14.5 Å². The standard InChI is InChI=1S/C11H13F2N3O4S/c12-11(13)21(19,20)7-3-1-6(2-4-7)16-10(18)8(14)5-9(15)17/h1-4,8,11H,5,14H2,(H2,15,17)(H,16,18). The van der Waals surface area contributed by atoms with Crippen molar-refractivity contribution in [1.82, 2.24) is 0 Å². The van der Waals surface area contributed by atoms with Crippen molar-refractivity contribution in [2.45, 2.75) is 23.1 Å². The Balaban J connectivity index is 2.80. The van der Waals surface area contributed by atoms with Gasteiger partial charge in [0.05, 0.1) is 17.4 Å². The minimum Gasteiger partial charge on any atom is -0.370 e. The van der Waals surface area contributed by atoms with E-state index in [4.69, 9.17) is 11.5 Å². The maximum absolute atomic E-state index is 12.3. The summed E-state index contributed by atoms with van der Waals surface area (Å²) in [7, 11) is -4.69. The van der Waals surface area contributed by atoms with Crippen molar-refractivity contribution in [3.8, 4) is 0 Å². The van der Waals surface area contributed by atoms with Gasteiger partial charge in [0, 0.05) is 5.69 Å². The number of amides is 2. The van der Waals surface area contributed by atoms with Crippen molar-refractivity contribution in [1.29, 1.82) is 0 Å². The van der Waals surface area contributed by atoms with E-state index < -0.39 is 38.3 Å². The van der Waals surface area contributed by atoms with Gasteiger partial charge in [0.15, 0.2) is 0 Å². The zero-order valence-electron chi connectivity index (χ0n) is 10.6. The minimum absolute atomic E-state index is 0.146. The molecule has 116 valence electrons. The molecule has 7 nitrogen and oxygen atoms in total. The van der Waals surface area contributed by atoms with Gasteiger partial charge in [0.25, 0.3) is 0 Å². The Morgan fingerprint density at radius 3 is 2.14 bits per heavy atom. The average Bonchev–Trinajstić information content (AvgIpc) is 2.38. The zero-order valence-corrected chi connectivity index (χ0v) is 11.4. The van der Waals surface area contributed by atoms with Crippen LogP contribution in [0.25, 0.3) is 0 Å². The van der Waals surface area contributed by atoms with E-state index in [1.54, 1.807) is 0 Å². The number of nitrogens with one attached hydrogen (secondary N) is 1. The van der Waals surface area contributed by atoms with Gasteiger partial charge >= 0.3 is 5.76 Å². The van der Waals surface area contributed by atoms with Crippen LogP contribution >= 0.6 is 0 Å². The summed E-state index contributed by atoms with van der Waals surface area (Å²) in [6.45, 7) is 0. The number of rotatable bonds is 6. The summed E-state index contributed by atoms with van der Waals surface area (Å²) >= 11 is 0. The number of alkyl halides is 2. The van der Waals surface area contributed by atoms with Crippen molar-refractivity contribution in [2.75, 3.05) is 5.32 Å². The second kappa shape index (κ2) is 6.59. The number of sulfone groups is 1. The Hall–Kier alpha value is -2.07. The topological polar surface area (TPSA) is 132 Å². The molecular weight excluding hydrogens is 308 g/mol. The van der Waals surface area contributed by atoms with Crippen LogP contribution in [-0.4, -0.2) is 32.0 Å². The summed E-state index contributed by atoms with van der Waals surface area (Å²) < 4.78 is 47.0. The molecule has 1 atom stereocenters. The van der Waals surface area contributed by atoms with Gasteiger partial charge in [-0.05, 0) is 24.3 Å². The van der Waals surface area contributed by atoms with Gasteiger partial charge in [-0.2, -0.15) is 8.78 Å². The normalized spacial score (nSPS) is 13.0. The van der Waals surface area contributed by atoms with E-state index in [-0.39, 0.29) is 12.1 Å². The largest absolute Gasteiger partial charge is 0.370 e. The molecule has 10 heteroatoms. The number of nitrogens with two attached hydrogens (primary N) is 2. The van der Waals surface area contributed by atoms with Gasteiger partial charge in [-0.15, -0.1) is 0 Å². The van der Waals surface area contributed by atoms with E-state index in [9.17, 15) is 26.8 Å². The Morgan fingerprint density at radius 1 is 1.19 bits per heavy atom. The van der Waals surface area contributed by atoms with Crippen molar-refractivity contribution in [3.63, 3.8) is 0 Å². The molecule has 5 N–H and O–H groups in total. The highest BCUT2D eigenvalue weighted by molar-refractivity contribution is 7.91. The number of benzene rings is 1. The number of halogens is 2. The van der Waals surface area contributed by atoms with Crippen molar-refractivity contribution < 1.29 is 26.8 Å². The third kappa shape index (κ3) is 4.46. The summed E-state index contributed by atoms with van der Waals surface area (Å²) in [5.74, 6) is -4.99. The molecule has 0 aliphatic rings. The average molecular weight is 321 g/mol. The number of carbonyl (C=O) groups excluding carboxylic acids is 2. The summed E-state index contributed by atoms with van der Waals surface area (Å²) in [5.41, 5.74) is 10.4. The summed E-state index contributed by atoms with van der Waals surface area (Å²) in [4.78, 5) is 21.6. The van der Waals surface area contributed by atoms with Gasteiger partial charge in [0.1, 0.15) is 0 Å². The molecule has 0 saturated carbocycles. The smallest absolute Gasteiger partial charge is 0.341 e. The Labute approximate surface area is 119 Å². The molecule has 1 rings (SSSR count). The highest BCUT2D eigenvalue weighted by Crippen LogP contribution is 2.20. The molecule has 0 aromatic heterocycles. The van der Waals surface area contributed by atoms with E-state index in [1.165, 1.54) is 0 Å². The van der Waals surface area contributed by atoms with Gasteiger partial charge < -0.3 is 16.8 Å². The highest BCUT2D eigenvalue weighted by atomic mass is 32.2. The first-order chi connectivity index (χ1) is 9.64. The van der Waals surface area contributed by atoms with E-state index in [0.29, 0.717) is 0 Å². The Morgan fingerprint density at radius 2 is 1.71 bits per heavy atom. The van der Waals surface area contributed by atoms with E-state index in [0.717, 1.165) is 24.3 Å².